The van der Waals surface area contributed by atoms with Gasteiger partial charge in [0.25, 0.3) is 23.6 Å². The number of likely N-dealkylation sites (N-methyl/N-ethyl adjacent to an activating group) is 2. The summed E-state index contributed by atoms with van der Waals surface area (Å²) in [6.07, 6.45) is -8.40. The highest BCUT2D eigenvalue weighted by Gasteiger charge is 2.49. The van der Waals surface area contributed by atoms with Crippen molar-refractivity contribution < 1.29 is 107 Å². The predicted molar refractivity (Wildman–Crippen MR) is 360 cm³/mol. The van der Waals surface area contributed by atoms with E-state index in [9.17, 15) is 83.1 Å². The number of benzene rings is 2. The number of nitrogens with zero attached hydrogens (tertiary/aromatic N) is 5. The van der Waals surface area contributed by atoms with Crippen molar-refractivity contribution in [2.45, 2.75) is 212 Å². The van der Waals surface area contributed by atoms with Crippen LogP contribution < -0.4 is 4.74 Å². The molecule has 0 bridgehead atoms. The molecular formula is C73H101N5O22. The molecule has 4 aliphatic rings. The summed E-state index contributed by atoms with van der Waals surface area (Å²) >= 11 is 0. The van der Waals surface area contributed by atoms with Gasteiger partial charge in [0.1, 0.15) is 48.0 Å². The molecule has 27 heteroatoms. The fourth-order valence-electron chi connectivity index (χ4n) is 13.9. The number of Topliss-reactive ketones (excluding diaryl/α,β-unsaturated/α-hetero) is 4. The zero-order valence-corrected chi connectivity index (χ0v) is 59.3. The number of carboxylic acids is 1. The number of carbonyl (C=O) groups excluding carboxylic acids is 11. The van der Waals surface area contributed by atoms with Crippen LogP contribution in [-0.2, 0) is 84.7 Å². The third-order valence-corrected chi connectivity index (χ3v) is 19.9. The maximum atomic E-state index is 15.0. The highest BCUT2D eigenvalue weighted by molar-refractivity contribution is 6.14. The van der Waals surface area contributed by atoms with Crippen molar-refractivity contribution in [3.05, 3.63) is 89.5 Å². The van der Waals surface area contributed by atoms with E-state index in [4.69, 9.17) is 23.7 Å². The maximum Gasteiger partial charge on any atom is 0.410 e. The van der Waals surface area contributed by atoms with Gasteiger partial charge in [-0.15, -0.1) is 0 Å². The number of likely N-dealkylation sites (tertiary alicyclic amines) is 1. The second kappa shape index (κ2) is 37.1. The molecule has 100 heavy (non-hydrogen) atoms. The summed E-state index contributed by atoms with van der Waals surface area (Å²) in [7, 11) is 6.04. The molecular weight excluding hydrogens is 1300 g/mol. The van der Waals surface area contributed by atoms with Crippen LogP contribution in [-0.4, -0.2) is 229 Å². The number of rotatable bonds is 39. The summed E-state index contributed by atoms with van der Waals surface area (Å²) in [5, 5.41) is 52.5. The third kappa shape index (κ3) is 20.4. The fraction of sp³-hybridized carbons (Fsp3) is 0.616. The lowest BCUT2D eigenvalue weighted by Crippen LogP contribution is -2.61. The van der Waals surface area contributed by atoms with Crippen molar-refractivity contribution in [3.63, 3.8) is 0 Å². The van der Waals surface area contributed by atoms with Crippen molar-refractivity contribution in [2.75, 3.05) is 41.4 Å². The molecule has 2 aromatic carbocycles. The van der Waals surface area contributed by atoms with Gasteiger partial charge in [-0.3, -0.25) is 57.7 Å². The fourth-order valence-corrected chi connectivity index (χ4v) is 13.9. The van der Waals surface area contributed by atoms with E-state index in [0.717, 1.165) is 39.0 Å². The van der Waals surface area contributed by atoms with Crippen LogP contribution in [0.3, 0.4) is 0 Å². The van der Waals surface area contributed by atoms with Gasteiger partial charge in [-0.1, -0.05) is 98.2 Å². The van der Waals surface area contributed by atoms with Gasteiger partial charge in [0.15, 0.2) is 11.9 Å². The lowest BCUT2D eigenvalue weighted by Gasteiger charge is -2.41. The molecule has 2 aromatic rings. The topological polar surface area (TPSA) is 368 Å². The zero-order chi connectivity index (χ0) is 74.1. The SMILES string of the molecule is CC[C@H](C)[C@@H]([C@@H](CC(=O)N1CCC[C@H]1[C@H](OC)[C@@H](C)C(=O)C[C@H](C)[C@@H](O)c1ccccc1)OC)N(C)C(=O)[C@@H](CC(=O)[C@H](C(C)C)N(C)C(=O)OCc1ccc(O[C@@H]2O[C@H](C(=O)O)[C@@H](O)[C@H](O)[C@H]2O)c(CC(=O)CCCC(=O)CCC(CN2C(=O)C=CC2=O)N2C(=O)C=CC2=O)c1)C(C)C. The Kier molecular flexibility index (Phi) is 30.1. The van der Waals surface area contributed by atoms with Gasteiger partial charge in [0, 0.05) is 115 Å². The van der Waals surface area contributed by atoms with E-state index in [-0.39, 0.29) is 116 Å². The molecule has 2 fully saturated rings. The smallest absolute Gasteiger partial charge is 0.410 e. The number of amides is 7. The lowest BCUT2D eigenvalue weighted by atomic mass is 9.83. The van der Waals surface area contributed by atoms with E-state index in [1.165, 1.54) is 39.5 Å². The first-order valence-corrected chi connectivity index (χ1v) is 34.4. The highest BCUT2D eigenvalue weighted by Crippen LogP contribution is 2.35. The number of hydrogen-bond donors (Lipinski definition) is 5. The molecule has 1 unspecified atom stereocenters. The van der Waals surface area contributed by atoms with E-state index in [1.54, 1.807) is 37.6 Å². The number of imide groups is 2. The summed E-state index contributed by atoms with van der Waals surface area (Å²) < 4.78 is 29.1. The third-order valence-electron chi connectivity index (χ3n) is 19.9. The van der Waals surface area contributed by atoms with Gasteiger partial charge < -0.3 is 63.9 Å². The van der Waals surface area contributed by atoms with Gasteiger partial charge in [0.05, 0.1) is 55.4 Å². The number of methoxy groups -OCH3 is 2. The molecule has 16 atom stereocenters. The number of carbonyl (C=O) groups is 12. The van der Waals surface area contributed by atoms with Crippen LogP contribution in [0.15, 0.2) is 72.8 Å². The molecule has 7 amide bonds. The van der Waals surface area contributed by atoms with Crippen LogP contribution in [0, 0.1) is 35.5 Å². The number of hydrogen-bond acceptors (Lipinski definition) is 21. The molecule has 0 radical (unpaired) electrons. The Morgan fingerprint density at radius 2 is 1.34 bits per heavy atom. The number of ether oxygens (including phenoxy) is 5. The average molecular weight is 1400 g/mol. The second-order valence-electron chi connectivity index (χ2n) is 27.6. The minimum Gasteiger partial charge on any atom is -0.479 e. The summed E-state index contributed by atoms with van der Waals surface area (Å²) in [5.74, 6) is -9.35. The minimum absolute atomic E-state index is 0.0219. The Hall–Kier alpha value is -7.92. The monoisotopic (exact) mass is 1400 g/mol. The van der Waals surface area contributed by atoms with Crippen molar-refractivity contribution in [1.29, 1.82) is 0 Å². The molecule has 6 rings (SSSR count). The summed E-state index contributed by atoms with van der Waals surface area (Å²) in [4.78, 5) is 167. The first kappa shape index (κ1) is 81.0. The zero-order valence-electron chi connectivity index (χ0n) is 59.3. The molecule has 550 valence electrons. The summed E-state index contributed by atoms with van der Waals surface area (Å²) in [5.41, 5.74) is 1.09. The molecule has 0 saturated carbocycles. The number of aliphatic carboxylic acids is 1. The van der Waals surface area contributed by atoms with Crippen LogP contribution in [0.2, 0.25) is 0 Å². The molecule has 27 nitrogen and oxygen atoms in total. The van der Waals surface area contributed by atoms with Crippen LogP contribution in [0.25, 0.3) is 0 Å². The van der Waals surface area contributed by atoms with Crippen LogP contribution >= 0.6 is 0 Å². The van der Waals surface area contributed by atoms with Gasteiger partial charge in [-0.25, -0.2) is 9.59 Å². The van der Waals surface area contributed by atoms with E-state index in [1.807, 2.05) is 65.0 Å². The number of carboxylic acid groups (broad SMARTS) is 1. The van der Waals surface area contributed by atoms with E-state index < -0.39 is 151 Å². The quantitative estimate of drug-likeness (QED) is 0.0557. The molecule has 2 saturated heterocycles. The first-order valence-electron chi connectivity index (χ1n) is 34.4. The largest absolute Gasteiger partial charge is 0.479 e. The van der Waals surface area contributed by atoms with Crippen molar-refractivity contribution >= 4 is 70.6 Å². The summed E-state index contributed by atoms with van der Waals surface area (Å²) in [6.45, 7) is 14.3. The van der Waals surface area contributed by atoms with Gasteiger partial charge in [-0.05, 0) is 72.6 Å². The first-order chi connectivity index (χ1) is 47.3. The number of aliphatic hydroxyl groups is 4. The van der Waals surface area contributed by atoms with Crippen molar-refractivity contribution in [1.82, 2.24) is 24.5 Å². The van der Waals surface area contributed by atoms with Crippen LogP contribution in [0.5, 0.6) is 5.75 Å². The van der Waals surface area contributed by atoms with Crippen molar-refractivity contribution in [2.24, 2.45) is 35.5 Å². The predicted octanol–water partition coefficient (Wildman–Crippen LogP) is 4.88. The highest BCUT2D eigenvalue weighted by atomic mass is 16.7. The van der Waals surface area contributed by atoms with E-state index >= 15 is 0 Å². The van der Waals surface area contributed by atoms with E-state index in [2.05, 4.69) is 0 Å². The molecule has 4 aliphatic heterocycles. The van der Waals surface area contributed by atoms with E-state index in [0.29, 0.717) is 31.4 Å². The molecule has 4 heterocycles. The number of ketones is 4. The average Bonchev–Trinajstić information content (AvgIpc) is 1.34. The van der Waals surface area contributed by atoms with Crippen molar-refractivity contribution in [3.8, 4) is 5.75 Å². The Labute approximate surface area is 584 Å². The Bertz CT molecular complexity index is 3280. The molecule has 0 spiro atoms. The Morgan fingerprint density at radius 3 is 1.93 bits per heavy atom. The minimum atomic E-state index is -2.04. The van der Waals surface area contributed by atoms with Crippen LogP contribution in [0.4, 0.5) is 4.79 Å². The van der Waals surface area contributed by atoms with Gasteiger partial charge in [-0.2, -0.15) is 0 Å². The van der Waals surface area contributed by atoms with Crippen LogP contribution in [0.1, 0.15) is 149 Å². The second-order valence-corrected chi connectivity index (χ2v) is 27.6. The number of aliphatic hydroxyl groups excluding tert-OH is 4. The Morgan fingerprint density at radius 1 is 0.710 bits per heavy atom. The van der Waals surface area contributed by atoms with Gasteiger partial charge >= 0.3 is 12.1 Å². The molecule has 0 aliphatic carbocycles. The molecule has 0 aromatic heterocycles. The lowest BCUT2D eigenvalue weighted by molar-refractivity contribution is -0.271. The standard InChI is InChI=1S/C73H101N5O22/c1-13-42(6)63(56(96-11)37-61(87)76-32-18-23-52(76)68(97-12)44(8)53(81)33-43(7)64(88)46-19-15-14-16-20-46)74(9)70(92)51(40(2)3)36-54(82)62(41(4)5)75(10)73(95)98-39-45-24-27-55(99-72-67(91)65(89)66(90)69(100-72)71(93)94)47(34-45)35-50(80)22-17-21-49(79)26-25-48(78-59(85)30-31-60(78)86)38-77-57(83)28-29-58(77)84/h14-16,19-20,24,27-31,34,40-44,48,51-52,56,62-69,72,88-91H,13,17-18,21-23,25-26,32-33,35-39H2,1-12H3,(H,93,94)/t42-,43-,44-,48?,51-,52-,56+,62-,63-,64+,65-,66-,67+,68+,69-,72+/m0/s1. The summed E-state index contributed by atoms with van der Waals surface area (Å²) in [6, 6.07) is 10.1. The molecule has 5 N–H and O–H groups in total. The normalized spacial score (nSPS) is 22.3. The maximum absolute atomic E-state index is 15.0. The Balaban J connectivity index is 1.11. The van der Waals surface area contributed by atoms with Gasteiger partial charge in [0.2, 0.25) is 18.1 Å².